The lowest BCUT2D eigenvalue weighted by Gasteiger charge is -2.19. The summed E-state index contributed by atoms with van der Waals surface area (Å²) in [7, 11) is 1.28. The first-order valence-electron chi connectivity index (χ1n) is 8.21. The number of nitrogens with one attached hydrogen (secondary N) is 1. The molecule has 0 aromatic heterocycles. The third kappa shape index (κ3) is 3.43. The smallest absolute Gasteiger partial charge is 0.323 e. The Morgan fingerprint density at radius 3 is 2.23 bits per heavy atom. The van der Waals surface area contributed by atoms with E-state index in [0.29, 0.717) is 10.6 Å². The van der Waals surface area contributed by atoms with E-state index in [2.05, 4.69) is 5.32 Å². The van der Waals surface area contributed by atoms with Crippen molar-refractivity contribution in [2.75, 3.05) is 7.11 Å². The molecule has 0 aliphatic carbocycles. The van der Waals surface area contributed by atoms with Gasteiger partial charge in [-0.2, -0.15) is 0 Å². The van der Waals surface area contributed by atoms with Crippen molar-refractivity contribution in [3.8, 4) is 0 Å². The maximum Gasteiger partial charge on any atom is 0.323 e. The van der Waals surface area contributed by atoms with Crippen LogP contribution in [0.4, 0.5) is 0 Å². The van der Waals surface area contributed by atoms with Crippen molar-refractivity contribution in [2.24, 2.45) is 0 Å². The van der Waals surface area contributed by atoms with Crippen molar-refractivity contribution in [2.45, 2.75) is 31.0 Å². The van der Waals surface area contributed by atoms with Crippen LogP contribution in [0.1, 0.15) is 28.7 Å². The minimum absolute atomic E-state index is 0.320. The molecule has 26 heavy (non-hydrogen) atoms. The van der Waals surface area contributed by atoms with Gasteiger partial charge in [0.2, 0.25) is 6.04 Å². The highest BCUT2D eigenvalue weighted by atomic mass is 35.5. The van der Waals surface area contributed by atoms with E-state index in [1.54, 1.807) is 24.3 Å². The number of aryl methyl sites for hydroxylation is 1. The number of carbonyl (C=O) groups is 1. The van der Waals surface area contributed by atoms with Crippen molar-refractivity contribution in [1.29, 1.82) is 0 Å². The van der Waals surface area contributed by atoms with Gasteiger partial charge in [0.25, 0.3) is 0 Å². The van der Waals surface area contributed by atoms with Gasteiger partial charge in [0, 0.05) is 9.95 Å². The Labute approximate surface area is 156 Å². The largest absolute Gasteiger partial charge is 0.468 e. The monoisotopic (exact) mass is 374 g/mol. The molecule has 1 N–H and O–H groups in total. The Morgan fingerprint density at radius 2 is 1.69 bits per heavy atom. The normalized spacial score (nSPS) is 25.0. The van der Waals surface area contributed by atoms with E-state index in [9.17, 15) is 14.9 Å². The summed E-state index contributed by atoms with van der Waals surface area (Å²) in [5.74, 6) is -1.19. The average Bonchev–Trinajstić information content (AvgIpc) is 3.03. The second kappa shape index (κ2) is 7.43. The summed E-state index contributed by atoms with van der Waals surface area (Å²) in [4.78, 5) is 24.0. The average molecular weight is 375 g/mol. The lowest BCUT2D eigenvalue weighted by Crippen LogP contribution is -2.37. The van der Waals surface area contributed by atoms with Gasteiger partial charge in [0.1, 0.15) is 12.1 Å². The SMILES string of the molecule is COC(=O)[C@H]1N[C@@H](c2ccc(C)cc2)[C@@H]([N+](=O)[O-])[C@@H]1c1ccc(Cl)cc1. The molecule has 0 amide bonds. The zero-order valence-corrected chi connectivity index (χ0v) is 15.1. The van der Waals surface area contributed by atoms with E-state index in [-0.39, 0.29) is 4.92 Å². The molecule has 136 valence electrons. The molecule has 1 heterocycles. The predicted molar refractivity (Wildman–Crippen MR) is 97.8 cm³/mol. The van der Waals surface area contributed by atoms with Gasteiger partial charge in [-0.05, 0) is 30.2 Å². The first kappa shape index (κ1) is 18.4. The Hall–Kier alpha value is -2.44. The molecule has 0 spiro atoms. The Morgan fingerprint density at radius 1 is 1.12 bits per heavy atom. The summed E-state index contributed by atoms with van der Waals surface area (Å²) in [6, 6.07) is 11.8. The van der Waals surface area contributed by atoms with Gasteiger partial charge < -0.3 is 4.74 Å². The maximum absolute atomic E-state index is 12.3. The van der Waals surface area contributed by atoms with Gasteiger partial charge in [-0.15, -0.1) is 0 Å². The van der Waals surface area contributed by atoms with Crippen molar-refractivity contribution in [1.82, 2.24) is 5.32 Å². The third-order valence-corrected chi connectivity index (χ3v) is 5.07. The van der Waals surface area contributed by atoms with Crippen LogP contribution in [-0.2, 0) is 9.53 Å². The van der Waals surface area contributed by atoms with Crippen molar-refractivity contribution in [3.05, 3.63) is 80.4 Å². The van der Waals surface area contributed by atoms with Gasteiger partial charge in [-0.3, -0.25) is 20.2 Å². The Kier molecular flexibility index (Phi) is 5.25. The molecule has 7 heteroatoms. The minimum atomic E-state index is -1.01. The number of benzene rings is 2. The molecular weight excluding hydrogens is 356 g/mol. The third-order valence-electron chi connectivity index (χ3n) is 4.82. The molecule has 1 fully saturated rings. The fourth-order valence-corrected chi connectivity index (χ4v) is 3.66. The van der Waals surface area contributed by atoms with Gasteiger partial charge in [-0.1, -0.05) is 53.6 Å². The Bertz CT molecular complexity index is 807. The van der Waals surface area contributed by atoms with Crippen LogP contribution >= 0.6 is 11.6 Å². The quantitative estimate of drug-likeness (QED) is 0.504. The number of halogens is 1. The summed E-state index contributed by atoms with van der Waals surface area (Å²) >= 11 is 5.94. The van der Waals surface area contributed by atoms with E-state index in [0.717, 1.165) is 11.1 Å². The summed E-state index contributed by atoms with van der Waals surface area (Å²) < 4.78 is 4.89. The summed E-state index contributed by atoms with van der Waals surface area (Å²) in [6.07, 6.45) is 0. The molecule has 2 aromatic carbocycles. The van der Waals surface area contributed by atoms with Crippen molar-refractivity contribution >= 4 is 17.6 Å². The van der Waals surface area contributed by atoms with Crippen molar-refractivity contribution < 1.29 is 14.5 Å². The van der Waals surface area contributed by atoms with Gasteiger partial charge in [0.05, 0.1) is 13.0 Å². The van der Waals surface area contributed by atoms with E-state index in [1.807, 2.05) is 31.2 Å². The number of carbonyl (C=O) groups excluding carboxylic acids is 1. The fraction of sp³-hybridized carbons (Fsp3) is 0.316. The number of ether oxygens (including phenoxy) is 1. The van der Waals surface area contributed by atoms with Crippen LogP contribution in [0.3, 0.4) is 0 Å². The standard InChI is InChI=1S/C19H19ClN2O4/c1-11-3-5-13(6-4-11)16-18(22(24)25)15(17(21-16)19(23)26-2)12-7-9-14(20)10-8-12/h3-10,15-18,21H,1-2H3/t15-,16+,17+,18+/m1/s1. The predicted octanol–water partition coefficient (Wildman–Crippen LogP) is 3.26. The lowest BCUT2D eigenvalue weighted by atomic mass is 9.85. The van der Waals surface area contributed by atoms with E-state index in [4.69, 9.17) is 16.3 Å². The summed E-state index contributed by atoms with van der Waals surface area (Å²) in [5.41, 5.74) is 2.50. The molecule has 1 aliphatic heterocycles. The van der Waals surface area contributed by atoms with Crippen LogP contribution in [0.5, 0.6) is 0 Å². The molecule has 0 bridgehead atoms. The molecule has 0 unspecified atom stereocenters. The second-order valence-corrected chi connectivity index (χ2v) is 6.85. The van der Waals surface area contributed by atoms with Crippen LogP contribution in [0.2, 0.25) is 5.02 Å². The highest BCUT2D eigenvalue weighted by Gasteiger charge is 2.54. The number of esters is 1. The number of rotatable bonds is 4. The molecule has 1 saturated heterocycles. The zero-order chi connectivity index (χ0) is 18.8. The number of hydrogen-bond donors (Lipinski definition) is 1. The fourth-order valence-electron chi connectivity index (χ4n) is 3.54. The zero-order valence-electron chi connectivity index (χ0n) is 14.4. The van der Waals surface area contributed by atoms with E-state index >= 15 is 0 Å². The van der Waals surface area contributed by atoms with Gasteiger partial charge >= 0.3 is 5.97 Å². The minimum Gasteiger partial charge on any atom is -0.468 e. The van der Waals surface area contributed by atoms with E-state index in [1.165, 1.54) is 7.11 Å². The molecule has 0 saturated carbocycles. The number of nitro groups is 1. The first-order chi connectivity index (χ1) is 12.4. The van der Waals surface area contributed by atoms with Crippen LogP contribution < -0.4 is 5.32 Å². The van der Waals surface area contributed by atoms with Crippen molar-refractivity contribution in [3.63, 3.8) is 0 Å². The molecule has 2 aromatic rings. The second-order valence-electron chi connectivity index (χ2n) is 6.41. The molecule has 4 atom stereocenters. The summed E-state index contributed by atoms with van der Waals surface area (Å²) in [5, 5.41) is 15.6. The van der Waals surface area contributed by atoms with Crippen LogP contribution in [0.15, 0.2) is 48.5 Å². The number of methoxy groups -OCH3 is 1. The molecule has 1 aliphatic rings. The molecule has 0 radical (unpaired) electrons. The summed E-state index contributed by atoms with van der Waals surface area (Å²) in [6.45, 7) is 1.95. The lowest BCUT2D eigenvalue weighted by molar-refractivity contribution is -0.527. The van der Waals surface area contributed by atoms with E-state index < -0.39 is 30.0 Å². The first-order valence-corrected chi connectivity index (χ1v) is 8.59. The van der Waals surface area contributed by atoms with Crippen LogP contribution in [-0.4, -0.2) is 30.1 Å². The molecular formula is C19H19ClN2O4. The van der Waals surface area contributed by atoms with Gasteiger partial charge in [-0.25, -0.2) is 0 Å². The topological polar surface area (TPSA) is 81.5 Å². The highest BCUT2D eigenvalue weighted by Crippen LogP contribution is 2.40. The number of hydrogen-bond acceptors (Lipinski definition) is 5. The van der Waals surface area contributed by atoms with Crippen LogP contribution in [0, 0.1) is 17.0 Å². The molecule has 6 nitrogen and oxygen atoms in total. The van der Waals surface area contributed by atoms with Gasteiger partial charge in [0.15, 0.2) is 0 Å². The number of nitrogens with zero attached hydrogens (tertiary/aromatic N) is 1. The van der Waals surface area contributed by atoms with Crippen LogP contribution in [0.25, 0.3) is 0 Å². The molecule has 3 rings (SSSR count). The maximum atomic E-state index is 12.3. The highest BCUT2D eigenvalue weighted by molar-refractivity contribution is 6.30. The Balaban J connectivity index is 2.07.